The molecule has 1 atom stereocenters. The highest BCUT2D eigenvalue weighted by Crippen LogP contribution is 2.20. The van der Waals surface area contributed by atoms with Crippen molar-refractivity contribution in [3.05, 3.63) is 42.1 Å². The fourth-order valence-electron chi connectivity index (χ4n) is 2.88. The van der Waals surface area contributed by atoms with E-state index in [4.69, 9.17) is 0 Å². The number of carbonyl (C=O) groups excluding carboxylic acids is 1. The van der Waals surface area contributed by atoms with Crippen LogP contribution in [0.4, 0.5) is 0 Å². The van der Waals surface area contributed by atoms with Gasteiger partial charge >= 0.3 is 0 Å². The Morgan fingerprint density at radius 3 is 2.91 bits per heavy atom. The van der Waals surface area contributed by atoms with Gasteiger partial charge in [0.2, 0.25) is 5.91 Å². The minimum Gasteiger partial charge on any atom is -0.341 e. The number of carbonyl (C=O) groups is 1. The van der Waals surface area contributed by atoms with Crippen LogP contribution in [0.15, 0.2) is 36.5 Å². The Balaban J connectivity index is 1.58. The zero-order valence-corrected chi connectivity index (χ0v) is 12.9. The average Bonchev–Trinajstić information content (AvgIpc) is 3.16. The number of benzene rings is 1. The third kappa shape index (κ3) is 3.36. The van der Waals surface area contributed by atoms with Gasteiger partial charge in [0.05, 0.1) is 11.9 Å². The molecular formula is C17H22N4O. The maximum absolute atomic E-state index is 11.7. The van der Waals surface area contributed by atoms with Crippen LogP contribution in [-0.2, 0) is 11.3 Å². The first-order valence-corrected chi connectivity index (χ1v) is 7.83. The van der Waals surface area contributed by atoms with Gasteiger partial charge in [-0.15, -0.1) is 0 Å². The predicted octanol–water partition coefficient (Wildman–Crippen LogP) is 2.18. The van der Waals surface area contributed by atoms with Gasteiger partial charge in [-0.2, -0.15) is 5.10 Å². The van der Waals surface area contributed by atoms with Crippen LogP contribution in [0.2, 0.25) is 0 Å². The SMILES string of the molecule is C[C@@H](CN1CCCC1=O)NCc1cn[nH]c1-c1ccccc1. The summed E-state index contributed by atoms with van der Waals surface area (Å²) in [5, 5.41) is 10.7. The lowest BCUT2D eigenvalue weighted by atomic mass is 10.1. The van der Waals surface area contributed by atoms with E-state index >= 15 is 0 Å². The van der Waals surface area contributed by atoms with Gasteiger partial charge in [-0.05, 0) is 18.9 Å². The molecule has 2 heterocycles. The molecule has 1 saturated heterocycles. The molecule has 1 aromatic heterocycles. The first kappa shape index (κ1) is 14.8. The third-order valence-electron chi connectivity index (χ3n) is 4.09. The Morgan fingerprint density at radius 1 is 1.36 bits per heavy atom. The van der Waals surface area contributed by atoms with Crippen LogP contribution in [-0.4, -0.2) is 40.1 Å². The summed E-state index contributed by atoms with van der Waals surface area (Å²) in [6.07, 6.45) is 3.56. The maximum atomic E-state index is 11.7. The molecule has 0 saturated carbocycles. The van der Waals surface area contributed by atoms with E-state index in [0.29, 0.717) is 6.42 Å². The highest BCUT2D eigenvalue weighted by atomic mass is 16.2. The van der Waals surface area contributed by atoms with Crippen molar-refractivity contribution in [2.75, 3.05) is 13.1 Å². The lowest BCUT2D eigenvalue weighted by molar-refractivity contribution is -0.127. The summed E-state index contributed by atoms with van der Waals surface area (Å²) in [5.41, 5.74) is 3.34. The quantitative estimate of drug-likeness (QED) is 0.859. The fourth-order valence-corrected chi connectivity index (χ4v) is 2.88. The highest BCUT2D eigenvalue weighted by molar-refractivity contribution is 5.78. The van der Waals surface area contributed by atoms with Crippen molar-refractivity contribution in [3.63, 3.8) is 0 Å². The molecule has 0 bridgehead atoms. The highest BCUT2D eigenvalue weighted by Gasteiger charge is 2.21. The average molecular weight is 298 g/mol. The van der Waals surface area contributed by atoms with Crippen LogP contribution in [0.25, 0.3) is 11.3 Å². The van der Waals surface area contributed by atoms with Gasteiger partial charge < -0.3 is 10.2 Å². The molecule has 1 amide bonds. The van der Waals surface area contributed by atoms with Crippen molar-refractivity contribution in [3.8, 4) is 11.3 Å². The van der Waals surface area contributed by atoms with Gasteiger partial charge in [-0.3, -0.25) is 9.89 Å². The first-order valence-electron chi connectivity index (χ1n) is 7.83. The van der Waals surface area contributed by atoms with Crippen molar-refractivity contribution in [2.24, 2.45) is 0 Å². The van der Waals surface area contributed by atoms with Crippen LogP contribution in [0, 0.1) is 0 Å². The summed E-state index contributed by atoms with van der Waals surface area (Å²) < 4.78 is 0. The first-order chi connectivity index (χ1) is 10.7. The van der Waals surface area contributed by atoms with Crippen molar-refractivity contribution >= 4 is 5.91 Å². The number of likely N-dealkylation sites (tertiary alicyclic amines) is 1. The lowest BCUT2D eigenvalue weighted by Gasteiger charge is -2.21. The van der Waals surface area contributed by atoms with Crippen LogP contribution < -0.4 is 5.32 Å². The Morgan fingerprint density at radius 2 is 2.18 bits per heavy atom. The Kier molecular flexibility index (Phi) is 4.53. The molecule has 1 aliphatic heterocycles. The molecule has 1 fully saturated rings. The van der Waals surface area contributed by atoms with Crippen molar-refractivity contribution in [1.29, 1.82) is 0 Å². The second kappa shape index (κ2) is 6.75. The Labute approximate surface area is 130 Å². The molecule has 2 N–H and O–H groups in total. The fraction of sp³-hybridized carbons (Fsp3) is 0.412. The summed E-state index contributed by atoms with van der Waals surface area (Å²) in [4.78, 5) is 13.6. The standard InChI is InChI=1S/C17H22N4O/c1-13(12-21-9-5-8-16(21)22)18-10-15-11-19-20-17(15)14-6-3-2-4-7-14/h2-4,6-7,11,13,18H,5,8-10,12H2,1H3,(H,19,20)/t13-/m0/s1. The van der Waals surface area contributed by atoms with Gasteiger partial charge in [-0.25, -0.2) is 0 Å². The van der Waals surface area contributed by atoms with E-state index in [1.807, 2.05) is 29.3 Å². The van der Waals surface area contributed by atoms with Gasteiger partial charge in [0, 0.05) is 37.7 Å². The van der Waals surface area contributed by atoms with Crippen molar-refractivity contribution in [1.82, 2.24) is 20.4 Å². The number of nitrogens with zero attached hydrogens (tertiary/aromatic N) is 2. The summed E-state index contributed by atoms with van der Waals surface area (Å²) in [6, 6.07) is 10.5. The molecule has 0 radical (unpaired) electrons. The van der Waals surface area contributed by atoms with E-state index in [-0.39, 0.29) is 11.9 Å². The number of aromatic amines is 1. The topological polar surface area (TPSA) is 61.0 Å². The molecule has 0 unspecified atom stereocenters. The second-order valence-electron chi connectivity index (χ2n) is 5.86. The minimum absolute atomic E-state index is 0.264. The monoisotopic (exact) mass is 298 g/mol. The molecule has 1 aromatic carbocycles. The van der Waals surface area contributed by atoms with E-state index in [1.165, 1.54) is 0 Å². The number of hydrogen-bond donors (Lipinski definition) is 2. The number of nitrogens with one attached hydrogen (secondary N) is 2. The Bertz CT molecular complexity index is 623. The molecule has 2 aromatic rings. The normalized spacial score (nSPS) is 16.2. The molecule has 0 spiro atoms. The minimum atomic E-state index is 0.264. The second-order valence-corrected chi connectivity index (χ2v) is 5.86. The maximum Gasteiger partial charge on any atom is 0.222 e. The molecular weight excluding hydrogens is 276 g/mol. The Hall–Kier alpha value is -2.14. The smallest absolute Gasteiger partial charge is 0.222 e. The zero-order chi connectivity index (χ0) is 15.4. The van der Waals surface area contributed by atoms with Crippen LogP contribution in [0.1, 0.15) is 25.3 Å². The molecule has 3 rings (SSSR count). The molecule has 22 heavy (non-hydrogen) atoms. The number of hydrogen-bond acceptors (Lipinski definition) is 3. The summed E-state index contributed by atoms with van der Waals surface area (Å²) in [7, 11) is 0. The van der Waals surface area contributed by atoms with E-state index in [0.717, 1.165) is 42.9 Å². The van der Waals surface area contributed by atoms with Crippen molar-refractivity contribution < 1.29 is 4.79 Å². The van der Waals surface area contributed by atoms with E-state index in [1.54, 1.807) is 0 Å². The molecule has 5 heteroatoms. The molecule has 116 valence electrons. The molecule has 1 aliphatic rings. The number of aromatic nitrogens is 2. The van der Waals surface area contributed by atoms with Gasteiger partial charge in [0.1, 0.15) is 0 Å². The molecule has 0 aliphatic carbocycles. The van der Waals surface area contributed by atoms with E-state index in [9.17, 15) is 4.79 Å². The summed E-state index contributed by atoms with van der Waals surface area (Å²) in [5.74, 6) is 0.280. The largest absolute Gasteiger partial charge is 0.341 e. The van der Waals surface area contributed by atoms with Crippen molar-refractivity contribution in [2.45, 2.75) is 32.4 Å². The molecule has 5 nitrogen and oxygen atoms in total. The van der Waals surface area contributed by atoms with E-state index in [2.05, 4.69) is 34.6 Å². The van der Waals surface area contributed by atoms with Crippen LogP contribution in [0.3, 0.4) is 0 Å². The van der Waals surface area contributed by atoms with Crippen LogP contribution >= 0.6 is 0 Å². The third-order valence-corrected chi connectivity index (χ3v) is 4.09. The number of H-pyrrole nitrogens is 1. The van der Waals surface area contributed by atoms with Gasteiger partial charge in [0.15, 0.2) is 0 Å². The predicted molar refractivity (Wildman–Crippen MR) is 86.1 cm³/mol. The number of amides is 1. The van der Waals surface area contributed by atoms with Gasteiger partial charge in [0.25, 0.3) is 0 Å². The summed E-state index contributed by atoms with van der Waals surface area (Å²) >= 11 is 0. The number of rotatable bonds is 6. The lowest BCUT2D eigenvalue weighted by Crippen LogP contribution is -2.39. The zero-order valence-electron chi connectivity index (χ0n) is 12.9. The summed E-state index contributed by atoms with van der Waals surface area (Å²) in [6.45, 7) is 4.53. The van der Waals surface area contributed by atoms with E-state index < -0.39 is 0 Å². The van der Waals surface area contributed by atoms with Crippen LogP contribution in [0.5, 0.6) is 0 Å². The van der Waals surface area contributed by atoms with Gasteiger partial charge in [-0.1, -0.05) is 30.3 Å².